The number of anilines is 1. The van der Waals surface area contributed by atoms with E-state index in [1.54, 1.807) is 21.8 Å². The second-order valence-electron chi connectivity index (χ2n) is 7.18. The van der Waals surface area contributed by atoms with Crippen LogP contribution in [0.4, 0.5) is 5.69 Å². The van der Waals surface area contributed by atoms with E-state index in [0.717, 1.165) is 35.3 Å². The van der Waals surface area contributed by atoms with E-state index in [1.165, 1.54) is 0 Å². The lowest BCUT2D eigenvalue weighted by Gasteiger charge is -2.21. The zero-order valence-electron chi connectivity index (χ0n) is 14.5. The third-order valence-corrected chi connectivity index (χ3v) is 5.72. The molecule has 7 nitrogen and oxygen atoms in total. The van der Waals surface area contributed by atoms with Gasteiger partial charge < -0.3 is 4.90 Å². The first-order valence-electron chi connectivity index (χ1n) is 8.83. The van der Waals surface area contributed by atoms with Crippen molar-refractivity contribution in [1.29, 1.82) is 5.26 Å². The van der Waals surface area contributed by atoms with Crippen molar-refractivity contribution in [3.63, 3.8) is 0 Å². The largest absolute Gasteiger partial charge is 0.309 e. The molecule has 0 aromatic carbocycles. The van der Waals surface area contributed by atoms with E-state index < -0.39 is 5.41 Å². The van der Waals surface area contributed by atoms with Gasteiger partial charge >= 0.3 is 0 Å². The van der Waals surface area contributed by atoms with Gasteiger partial charge in [0.05, 0.1) is 23.0 Å². The van der Waals surface area contributed by atoms with Gasteiger partial charge in [0.25, 0.3) is 0 Å². The van der Waals surface area contributed by atoms with Gasteiger partial charge in [0.2, 0.25) is 5.91 Å². The van der Waals surface area contributed by atoms with Crippen LogP contribution in [0, 0.1) is 22.7 Å². The summed E-state index contributed by atoms with van der Waals surface area (Å²) in [6.07, 6.45) is 7.97. The zero-order chi connectivity index (χ0) is 17.9. The summed E-state index contributed by atoms with van der Waals surface area (Å²) in [5, 5.41) is 18.3. The highest BCUT2D eigenvalue weighted by molar-refractivity contribution is 6.05. The van der Waals surface area contributed by atoms with E-state index in [9.17, 15) is 10.1 Å². The first-order chi connectivity index (χ1) is 12.6. The third kappa shape index (κ3) is 1.96. The molecule has 1 saturated carbocycles. The fourth-order valence-corrected chi connectivity index (χ4v) is 4.14. The van der Waals surface area contributed by atoms with Crippen molar-refractivity contribution in [2.24, 2.45) is 18.4 Å². The number of aromatic nitrogens is 4. The van der Waals surface area contributed by atoms with Gasteiger partial charge in [-0.3, -0.25) is 9.48 Å². The second-order valence-corrected chi connectivity index (χ2v) is 7.18. The Kier molecular flexibility index (Phi) is 3.02. The molecule has 4 heterocycles. The van der Waals surface area contributed by atoms with Gasteiger partial charge in [-0.05, 0) is 43.4 Å². The van der Waals surface area contributed by atoms with Gasteiger partial charge in [-0.25, -0.2) is 4.52 Å². The summed E-state index contributed by atoms with van der Waals surface area (Å²) in [6, 6.07) is 8.18. The number of hydrogen-bond donors (Lipinski definition) is 0. The minimum atomic E-state index is -0.836. The maximum Gasteiger partial charge on any atom is 0.247 e. The third-order valence-electron chi connectivity index (χ3n) is 5.72. The zero-order valence-corrected chi connectivity index (χ0v) is 14.5. The number of nitriles is 1. The van der Waals surface area contributed by atoms with Crippen molar-refractivity contribution in [1.82, 2.24) is 19.4 Å². The van der Waals surface area contributed by atoms with E-state index >= 15 is 0 Å². The number of hydrogen-bond acceptors (Lipinski definition) is 4. The Morgan fingerprint density at radius 2 is 2.08 bits per heavy atom. The van der Waals surface area contributed by atoms with Gasteiger partial charge in [-0.1, -0.05) is 0 Å². The molecule has 130 valence electrons. The van der Waals surface area contributed by atoms with Crippen LogP contribution in [0.15, 0.2) is 36.8 Å². The molecule has 1 aliphatic carbocycles. The molecule has 3 aromatic rings. The van der Waals surface area contributed by atoms with Crippen LogP contribution in [0.25, 0.3) is 16.8 Å². The fourth-order valence-electron chi connectivity index (χ4n) is 4.14. The average Bonchev–Trinajstić information content (AvgIpc) is 3.12. The SMILES string of the molecule is Cn1nccc1-c1cc2c(N3CC[C@@](C#N)(C4CC4)C3=O)ccnn2c1. The molecule has 1 amide bonds. The fraction of sp³-hybridized carbons (Fsp3) is 0.368. The summed E-state index contributed by atoms with van der Waals surface area (Å²) in [7, 11) is 1.90. The Morgan fingerprint density at radius 1 is 1.27 bits per heavy atom. The molecular weight excluding hydrogens is 328 g/mol. The molecule has 5 rings (SSSR count). The van der Waals surface area contributed by atoms with Crippen LogP contribution in [-0.2, 0) is 11.8 Å². The van der Waals surface area contributed by atoms with Crippen LogP contribution in [-0.4, -0.2) is 31.8 Å². The average molecular weight is 346 g/mol. The molecule has 3 aromatic heterocycles. The monoisotopic (exact) mass is 346 g/mol. The number of rotatable bonds is 3. The Balaban J connectivity index is 1.60. The molecule has 2 fully saturated rings. The molecule has 0 unspecified atom stereocenters. The first-order valence-corrected chi connectivity index (χ1v) is 8.83. The van der Waals surface area contributed by atoms with Crippen LogP contribution >= 0.6 is 0 Å². The molecule has 0 N–H and O–H groups in total. The van der Waals surface area contributed by atoms with E-state index in [4.69, 9.17) is 0 Å². The second kappa shape index (κ2) is 5.18. The molecule has 0 spiro atoms. The Bertz CT molecular complexity index is 1070. The van der Waals surface area contributed by atoms with Crippen molar-refractivity contribution in [2.45, 2.75) is 19.3 Å². The van der Waals surface area contributed by atoms with Crippen molar-refractivity contribution in [3.05, 3.63) is 36.8 Å². The van der Waals surface area contributed by atoms with Crippen molar-refractivity contribution >= 4 is 17.1 Å². The lowest BCUT2D eigenvalue weighted by Crippen LogP contribution is -2.35. The number of fused-ring (bicyclic) bond motifs is 1. The molecule has 2 aliphatic rings. The number of amides is 1. The topological polar surface area (TPSA) is 79.2 Å². The maximum absolute atomic E-state index is 13.1. The van der Waals surface area contributed by atoms with Gasteiger partial charge in [0.1, 0.15) is 5.41 Å². The minimum absolute atomic E-state index is 0.0566. The van der Waals surface area contributed by atoms with Crippen LogP contribution in [0.3, 0.4) is 0 Å². The molecule has 26 heavy (non-hydrogen) atoms. The van der Waals surface area contributed by atoms with Crippen LogP contribution in [0.1, 0.15) is 19.3 Å². The number of carbonyl (C=O) groups excluding carboxylic acids is 1. The van der Waals surface area contributed by atoms with Crippen LogP contribution < -0.4 is 4.90 Å². The van der Waals surface area contributed by atoms with Gasteiger partial charge in [-0.15, -0.1) is 0 Å². The highest BCUT2D eigenvalue weighted by Gasteiger charge is 2.56. The normalized spacial score (nSPS) is 22.9. The quantitative estimate of drug-likeness (QED) is 0.729. The van der Waals surface area contributed by atoms with Gasteiger partial charge in [0, 0.05) is 37.7 Å². The van der Waals surface area contributed by atoms with E-state index in [-0.39, 0.29) is 11.8 Å². The summed E-state index contributed by atoms with van der Waals surface area (Å²) >= 11 is 0. The highest BCUT2D eigenvalue weighted by Crippen LogP contribution is 2.52. The number of aryl methyl sites for hydroxylation is 1. The van der Waals surface area contributed by atoms with Gasteiger partial charge in [-0.2, -0.15) is 15.5 Å². The van der Waals surface area contributed by atoms with Crippen molar-refractivity contribution in [3.8, 4) is 17.3 Å². The summed E-state index contributed by atoms with van der Waals surface area (Å²) < 4.78 is 3.59. The number of carbonyl (C=O) groups is 1. The molecule has 0 radical (unpaired) electrons. The number of nitrogens with zero attached hydrogens (tertiary/aromatic N) is 6. The lowest BCUT2D eigenvalue weighted by atomic mass is 9.83. The minimum Gasteiger partial charge on any atom is -0.309 e. The summed E-state index contributed by atoms with van der Waals surface area (Å²) in [5.41, 5.74) is 2.82. The van der Waals surface area contributed by atoms with E-state index in [2.05, 4.69) is 16.3 Å². The Labute approximate surface area is 150 Å². The predicted octanol–water partition coefficient (Wildman–Crippen LogP) is 2.39. The van der Waals surface area contributed by atoms with Gasteiger partial charge in [0.15, 0.2) is 0 Å². The Morgan fingerprint density at radius 3 is 2.77 bits per heavy atom. The first kappa shape index (κ1) is 15.1. The standard InChI is InChI=1S/C19H18N6O/c1-23-15(4-7-21-23)13-10-17-16(5-8-22-25(17)11-13)24-9-6-19(12-20,18(24)26)14-2-3-14/h4-5,7-8,10-11,14H,2-3,6,9H2,1H3/t19-/m1/s1. The van der Waals surface area contributed by atoms with E-state index in [1.807, 2.05) is 36.1 Å². The molecule has 1 aliphatic heterocycles. The molecular formula is C19H18N6O. The van der Waals surface area contributed by atoms with E-state index in [0.29, 0.717) is 13.0 Å². The molecule has 1 saturated heterocycles. The summed E-state index contributed by atoms with van der Waals surface area (Å²) in [5.74, 6) is 0.165. The summed E-state index contributed by atoms with van der Waals surface area (Å²) in [4.78, 5) is 14.9. The van der Waals surface area contributed by atoms with Crippen LogP contribution in [0.2, 0.25) is 0 Å². The predicted molar refractivity (Wildman–Crippen MR) is 95.1 cm³/mol. The molecule has 1 atom stereocenters. The van der Waals surface area contributed by atoms with Crippen LogP contribution in [0.5, 0.6) is 0 Å². The van der Waals surface area contributed by atoms with Crippen molar-refractivity contribution in [2.75, 3.05) is 11.4 Å². The molecule has 0 bridgehead atoms. The molecule has 7 heteroatoms. The smallest absolute Gasteiger partial charge is 0.247 e. The Hall–Kier alpha value is -3.14. The van der Waals surface area contributed by atoms with Crippen molar-refractivity contribution < 1.29 is 4.79 Å². The maximum atomic E-state index is 13.1. The lowest BCUT2D eigenvalue weighted by molar-refractivity contribution is -0.123. The highest BCUT2D eigenvalue weighted by atomic mass is 16.2. The summed E-state index contributed by atoms with van der Waals surface area (Å²) in [6.45, 7) is 0.578.